The third-order valence-corrected chi connectivity index (χ3v) is 6.54. The van der Waals surface area contributed by atoms with Crippen molar-refractivity contribution in [2.45, 2.75) is 50.6 Å². The van der Waals surface area contributed by atoms with Crippen LogP contribution >= 0.6 is 0 Å². The Morgan fingerprint density at radius 1 is 1.03 bits per heavy atom. The maximum absolute atomic E-state index is 12.2. The van der Waals surface area contributed by atoms with Crippen molar-refractivity contribution in [1.82, 2.24) is 15.5 Å². The summed E-state index contributed by atoms with van der Waals surface area (Å²) in [6.07, 6.45) is 4.65. The van der Waals surface area contributed by atoms with Crippen LogP contribution in [0.1, 0.15) is 53.1 Å². The average Bonchev–Trinajstić information content (AvgIpc) is 2.75. The predicted molar refractivity (Wildman–Crippen MR) is 120 cm³/mol. The first-order chi connectivity index (χ1) is 15.0. The monoisotopic (exact) mass is 421 g/mol. The molecule has 3 N–H and O–H groups in total. The summed E-state index contributed by atoms with van der Waals surface area (Å²) in [7, 11) is 0. The number of nitrogens with one attached hydrogen (secondary N) is 2. The molecule has 2 fully saturated rings. The number of phenols is 1. The number of aryl methyl sites for hydroxylation is 1. The summed E-state index contributed by atoms with van der Waals surface area (Å²) in [5.41, 5.74) is 2.91. The highest BCUT2D eigenvalue weighted by atomic mass is 16.3. The summed E-state index contributed by atoms with van der Waals surface area (Å²) >= 11 is 0. The Hall–Kier alpha value is -2.86. The second kappa shape index (κ2) is 9.52. The first-order valence-electron chi connectivity index (χ1n) is 11.1. The summed E-state index contributed by atoms with van der Waals surface area (Å²) in [6, 6.07) is 15.7. The van der Waals surface area contributed by atoms with Crippen LogP contribution in [0, 0.1) is 6.92 Å². The number of carbonyl (C=O) groups is 2. The molecule has 4 rings (SSSR count). The Labute approximate surface area is 183 Å². The topological polar surface area (TPSA) is 81.7 Å². The van der Waals surface area contributed by atoms with Crippen LogP contribution in [0.3, 0.4) is 0 Å². The van der Waals surface area contributed by atoms with E-state index in [4.69, 9.17) is 0 Å². The van der Waals surface area contributed by atoms with Gasteiger partial charge in [-0.15, -0.1) is 0 Å². The Kier molecular flexibility index (Phi) is 6.56. The molecule has 2 aliphatic rings. The largest absolute Gasteiger partial charge is 0.508 e. The molecule has 0 radical (unpaired) electrons. The van der Waals surface area contributed by atoms with Crippen LogP contribution < -0.4 is 10.6 Å². The van der Waals surface area contributed by atoms with Crippen molar-refractivity contribution in [2.75, 3.05) is 19.6 Å². The molecule has 0 aromatic heterocycles. The minimum atomic E-state index is -0.223. The lowest BCUT2D eigenvalue weighted by molar-refractivity contribution is -0.122. The number of likely N-dealkylation sites (tertiary alicyclic amines) is 1. The van der Waals surface area contributed by atoms with Gasteiger partial charge in [-0.25, -0.2) is 0 Å². The molecule has 0 atom stereocenters. The fraction of sp³-hybridized carbons (Fsp3) is 0.440. The first-order valence-corrected chi connectivity index (χ1v) is 11.1. The van der Waals surface area contributed by atoms with Crippen LogP contribution in [0.5, 0.6) is 5.75 Å². The van der Waals surface area contributed by atoms with Crippen molar-refractivity contribution in [3.05, 3.63) is 65.2 Å². The minimum Gasteiger partial charge on any atom is -0.508 e. The number of hydrogen-bond donors (Lipinski definition) is 3. The van der Waals surface area contributed by atoms with Crippen LogP contribution in [0.2, 0.25) is 0 Å². The van der Waals surface area contributed by atoms with Crippen LogP contribution in [0.4, 0.5) is 0 Å². The van der Waals surface area contributed by atoms with Crippen molar-refractivity contribution < 1.29 is 14.7 Å². The predicted octanol–water partition coefficient (Wildman–Crippen LogP) is 2.96. The zero-order chi connectivity index (χ0) is 21.8. The van der Waals surface area contributed by atoms with E-state index < -0.39 is 0 Å². The first kappa shape index (κ1) is 21.4. The maximum atomic E-state index is 12.2. The van der Waals surface area contributed by atoms with Gasteiger partial charge in [0.25, 0.3) is 5.91 Å². The van der Waals surface area contributed by atoms with Gasteiger partial charge >= 0.3 is 0 Å². The van der Waals surface area contributed by atoms with E-state index in [1.54, 1.807) is 18.2 Å². The van der Waals surface area contributed by atoms with Crippen LogP contribution in [-0.4, -0.2) is 53.5 Å². The van der Waals surface area contributed by atoms with Gasteiger partial charge in [0.2, 0.25) is 5.91 Å². The van der Waals surface area contributed by atoms with E-state index in [-0.39, 0.29) is 24.4 Å². The van der Waals surface area contributed by atoms with Crippen molar-refractivity contribution in [3.63, 3.8) is 0 Å². The third-order valence-electron chi connectivity index (χ3n) is 6.54. The standard InChI is InChI=1S/C25H31N3O3/c1-17-3-2-4-20(13-17)25(31)26-14-24(30)27-21-15-28(16-21)22-9-5-18(6-10-22)19-7-11-23(29)12-8-19/h2-4,7-8,11-13,18,21-22,29H,5-6,9-10,14-16H2,1H3,(H,26,31)(H,27,30). The number of aromatic hydroxyl groups is 1. The second-order valence-corrected chi connectivity index (χ2v) is 8.87. The van der Waals surface area contributed by atoms with Gasteiger partial charge in [-0.05, 0) is 68.4 Å². The van der Waals surface area contributed by atoms with E-state index in [9.17, 15) is 14.7 Å². The Balaban J connectivity index is 1.14. The molecule has 1 saturated heterocycles. The Bertz CT molecular complexity index is 914. The number of rotatable bonds is 6. The zero-order valence-corrected chi connectivity index (χ0v) is 18.0. The van der Waals surface area contributed by atoms with E-state index >= 15 is 0 Å². The molecule has 6 nitrogen and oxygen atoms in total. The van der Waals surface area contributed by atoms with Crippen LogP contribution in [-0.2, 0) is 4.79 Å². The molecule has 2 aromatic carbocycles. The lowest BCUT2D eigenvalue weighted by Crippen LogP contribution is -2.63. The molecule has 6 heteroatoms. The molecule has 164 valence electrons. The fourth-order valence-electron chi connectivity index (χ4n) is 4.75. The summed E-state index contributed by atoms with van der Waals surface area (Å²) in [6.45, 7) is 3.70. The molecule has 1 saturated carbocycles. The molecule has 1 aliphatic carbocycles. The maximum Gasteiger partial charge on any atom is 0.251 e. The van der Waals surface area contributed by atoms with Gasteiger partial charge < -0.3 is 15.7 Å². The van der Waals surface area contributed by atoms with Crippen molar-refractivity contribution in [2.24, 2.45) is 0 Å². The van der Waals surface area contributed by atoms with Crippen molar-refractivity contribution >= 4 is 11.8 Å². The highest BCUT2D eigenvalue weighted by Crippen LogP contribution is 2.36. The summed E-state index contributed by atoms with van der Waals surface area (Å²) in [5.74, 6) is 0.535. The summed E-state index contributed by atoms with van der Waals surface area (Å²) < 4.78 is 0. The highest BCUT2D eigenvalue weighted by molar-refractivity contribution is 5.96. The Morgan fingerprint density at radius 3 is 2.42 bits per heavy atom. The zero-order valence-electron chi connectivity index (χ0n) is 18.0. The molecule has 1 aliphatic heterocycles. The Morgan fingerprint density at radius 2 is 1.74 bits per heavy atom. The number of benzene rings is 2. The lowest BCUT2D eigenvalue weighted by atomic mass is 9.80. The van der Waals surface area contributed by atoms with Gasteiger partial charge in [-0.3, -0.25) is 14.5 Å². The number of carbonyl (C=O) groups excluding carboxylic acids is 2. The highest BCUT2D eigenvalue weighted by Gasteiger charge is 2.35. The molecule has 2 amide bonds. The van der Waals surface area contributed by atoms with Crippen LogP contribution in [0.15, 0.2) is 48.5 Å². The smallest absolute Gasteiger partial charge is 0.251 e. The third kappa shape index (κ3) is 5.44. The fourth-order valence-corrected chi connectivity index (χ4v) is 4.75. The normalized spacial score (nSPS) is 21.8. The van der Waals surface area contributed by atoms with Gasteiger partial charge in [0.15, 0.2) is 0 Å². The van der Waals surface area contributed by atoms with Crippen molar-refractivity contribution in [1.29, 1.82) is 0 Å². The second-order valence-electron chi connectivity index (χ2n) is 8.87. The van der Waals surface area contributed by atoms with Gasteiger partial charge in [-0.2, -0.15) is 0 Å². The molecular formula is C25H31N3O3. The number of nitrogens with zero attached hydrogens (tertiary/aromatic N) is 1. The van der Waals surface area contributed by atoms with Crippen molar-refractivity contribution in [3.8, 4) is 5.75 Å². The minimum absolute atomic E-state index is 0.00101. The van der Waals surface area contributed by atoms with E-state index in [1.165, 1.54) is 18.4 Å². The van der Waals surface area contributed by atoms with Gasteiger partial charge in [0.05, 0.1) is 12.6 Å². The van der Waals surface area contributed by atoms with E-state index in [0.29, 0.717) is 23.3 Å². The molecule has 0 bridgehead atoms. The molecule has 0 spiro atoms. The molecular weight excluding hydrogens is 390 g/mol. The average molecular weight is 422 g/mol. The molecule has 1 heterocycles. The number of hydrogen-bond acceptors (Lipinski definition) is 4. The molecule has 31 heavy (non-hydrogen) atoms. The van der Waals surface area contributed by atoms with Crippen LogP contribution in [0.25, 0.3) is 0 Å². The van der Waals surface area contributed by atoms with Gasteiger partial charge in [-0.1, -0.05) is 29.8 Å². The quantitative estimate of drug-likeness (QED) is 0.670. The molecule has 0 unspecified atom stereocenters. The lowest BCUT2D eigenvalue weighted by Gasteiger charge is -2.46. The summed E-state index contributed by atoms with van der Waals surface area (Å²) in [5, 5.41) is 15.2. The van der Waals surface area contributed by atoms with E-state index in [2.05, 4.69) is 15.5 Å². The summed E-state index contributed by atoms with van der Waals surface area (Å²) in [4.78, 5) is 26.8. The SMILES string of the molecule is Cc1cccc(C(=O)NCC(=O)NC2CN(C3CCC(c4ccc(O)cc4)CC3)C2)c1. The number of amides is 2. The van der Waals surface area contributed by atoms with Gasteiger partial charge in [0, 0.05) is 24.7 Å². The number of phenolic OH excluding ortho intramolecular Hbond substituents is 1. The van der Waals surface area contributed by atoms with Gasteiger partial charge in [0.1, 0.15) is 5.75 Å². The molecule has 2 aromatic rings. The van der Waals surface area contributed by atoms with E-state index in [0.717, 1.165) is 31.5 Å². The van der Waals surface area contributed by atoms with E-state index in [1.807, 2.05) is 37.3 Å².